The molecule has 0 atom stereocenters. The van der Waals surface area contributed by atoms with Crippen LogP contribution in [0.3, 0.4) is 0 Å². The molecule has 0 unspecified atom stereocenters. The second kappa shape index (κ2) is 4.39. The van der Waals surface area contributed by atoms with Gasteiger partial charge in [-0.25, -0.2) is 0 Å². The van der Waals surface area contributed by atoms with E-state index >= 15 is 0 Å². The first-order valence-corrected chi connectivity index (χ1v) is 7.05. The summed E-state index contributed by atoms with van der Waals surface area (Å²) in [7, 11) is -8.56. The molecule has 2 N–H and O–H groups in total. The number of hydrogen-bond acceptors (Lipinski definition) is 4. The lowest BCUT2D eigenvalue weighted by Crippen LogP contribution is -2.06. The van der Waals surface area contributed by atoms with Gasteiger partial charge >= 0.3 is 10.1 Å². The van der Waals surface area contributed by atoms with Crippen LogP contribution in [0.1, 0.15) is 6.42 Å². The van der Waals surface area contributed by atoms with Gasteiger partial charge in [0.2, 0.25) is 0 Å². The Kier molecular flexibility index (Phi) is 3.54. The van der Waals surface area contributed by atoms with E-state index in [0.717, 1.165) is 6.08 Å². The second-order valence-electron chi connectivity index (χ2n) is 3.04. The van der Waals surface area contributed by atoms with Crippen molar-refractivity contribution in [1.29, 1.82) is 0 Å². The summed E-state index contributed by atoms with van der Waals surface area (Å²) in [4.78, 5) is -0.502. The standard InChI is InChI=1S/C8H8O6S2/c9-15(10,11)6-7-2-1-3-8(5-4-7)16(12,13)14/h4-5H,2,6H2,(H,9,10,11)(H,12,13,14). The van der Waals surface area contributed by atoms with Crippen molar-refractivity contribution in [3.8, 4) is 11.8 Å². The molecule has 6 nitrogen and oxygen atoms in total. The Bertz CT molecular complexity index is 609. The molecule has 88 valence electrons. The molecule has 8 heteroatoms. The molecule has 0 radical (unpaired) electrons. The Labute approximate surface area is 93.2 Å². The van der Waals surface area contributed by atoms with Gasteiger partial charge in [0.05, 0.1) is 5.75 Å². The highest BCUT2D eigenvalue weighted by Crippen LogP contribution is 2.12. The van der Waals surface area contributed by atoms with Crippen molar-refractivity contribution in [2.24, 2.45) is 0 Å². The third-order valence-electron chi connectivity index (χ3n) is 1.64. The van der Waals surface area contributed by atoms with Crippen molar-refractivity contribution in [1.82, 2.24) is 0 Å². The molecule has 0 bridgehead atoms. The van der Waals surface area contributed by atoms with Crippen molar-refractivity contribution < 1.29 is 25.9 Å². The quantitative estimate of drug-likeness (QED) is 0.547. The summed E-state index contributed by atoms with van der Waals surface area (Å²) < 4.78 is 59.8. The Balaban J connectivity index is 3.05. The second-order valence-corrected chi connectivity index (χ2v) is 5.88. The normalized spacial score (nSPS) is 16.6. The van der Waals surface area contributed by atoms with Crippen LogP contribution in [-0.4, -0.2) is 31.7 Å². The van der Waals surface area contributed by atoms with Crippen LogP contribution in [0.15, 0.2) is 22.6 Å². The van der Waals surface area contributed by atoms with E-state index in [1.165, 1.54) is 6.08 Å². The van der Waals surface area contributed by atoms with Crippen molar-refractivity contribution in [3.05, 3.63) is 22.6 Å². The summed E-state index contributed by atoms with van der Waals surface area (Å²) in [6, 6.07) is 0. The van der Waals surface area contributed by atoms with Crippen LogP contribution in [0.4, 0.5) is 0 Å². The molecular formula is C8H8O6S2. The highest BCUT2D eigenvalue weighted by molar-refractivity contribution is 7.90. The lowest BCUT2D eigenvalue weighted by atomic mass is 10.2. The van der Waals surface area contributed by atoms with Gasteiger partial charge in [0.15, 0.2) is 0 Å². The van der Waals surface area contributed by atoms with Crippen molar-refractivity contribution in [2.75, 3.05) is 5.75 Å². The highest BCUT2D eigenvalue weighted by Gasteiger charge is 2.13. The van der Waals surface area contributed by atoms with Crippen LogP contribution in [0.2, 0.25) is 0 Å². The summed E-state index contributed by atoms with van der Waals surface area (Å²) in [6.07, 6.45) is 2.19. The van der Waals surface area contributed by atoms with E-state index in [2.05, 4.69) is 11.8 Å². The van der Waals surface area contributed by atoms with Crippen molar-refractivity contribution in [2.45, 2.75) is 6.42 Å². The lowest BCUT2D eigenvalue weighted by Gasteiger charge is -1.98. The molecule has 16 heavy (non-hydrogen) atoms. The zero-order chi connectivity index (χ0) is 12.4. The van der Waals surface area contributed by atoms with Crippen LogP contribution >= 0.6 is 0 Å². The van der Waals surface area contributed by atoms with Gasteiger partial charge in [-0.2, -0.15) is 16.8 Å². The fraction of sp³-hybridized carbons (Fsp3) is 0.250. The molecule has 0 saturated heterocycles. The Morgan fingerprint density at radius 3 is 2.31 bits per heavy atom. The Morgan fingerprint density at radius 1 is 1.19 bits per heavy atom. The summed E-state index contributed by atoms with van der Waals surface area (Å²) in [6.45, 7) is 0. The summed E-state index contributed by atoms with van der Waals surface area (Å²) in [5.74, 6) is 3.94. The fourth-order valence-corrected chi connectivity index (χ4v) is 2.13. The first-order chi connectivity index (χ1) is 7.18. The largest absolute Gasteiger partial charge is 0.302 e. The van der Waals surface area contributed by atoms with Gasteiger partial charge in [0, 0.05) is 6.42 Å². The highest BCUT2D eigenvalue weighted by atomic mass is 32.2. The third kappa shape index (κ3) is 4.16. The molecule has 0 amide bonds. The van der Waals surface area contributed by atoms with Gasteiger partial charge in [-0.05, 0) is 11.6 Å². The summed E-state index contributed by atoms with van der Waals surface area (Å²) >= 11 is 0. The van der Waals surface area contributed by atoms with E-state index in [0.29, 0.717) is 0 Å². The van der Waals surface area contributed by atoms with Crippen LogP contribution in [0.5, 0.6) is 0 Å². The molecule has 0 saturated carbocycles. The predicted molar refractivity (Wildman–Crippen MR) is 56.5 cm³/mol. The molecule has 0 aromatic heterocycles. The third-order valence-corrected chi connectivity index (χ3v) is 3.17. The van der Waals surface area contributed by atoms with Gasteiger partial charge < -0.3 is 0 Å². The van der Waals surface area contributed by atoms with E-state index < -0.39 is 30.9 Å². The van der Waals surface area contributed by atoms with Crippen LogP contribution in [0, 0.1) is 11.8 Å². The lowest BCUT2D eigenvalue weighted by molar-refractivity contribution is 0.485. The molecule has 0 aromatic carbocycles. The van der Waals surface area contributed by atoms with Gasteiger partial charge in [0.1, 0.15) is 4.91 Å². The minimum Gasteiger partial charge on any atom is -0.285 e. The zero-order valence-electron chi connectivity index (χ0n) is 7.91. The van der Waals surface area contributed by atoms with Crippen LogP contribution < -0.4 is 0 Å². The minimum absolute atomic E-state index is 0.00924. The monoisotopic (exact) mass is 264 g/mol. The predicted octanol–water partition coefficient (Wildman–Crippen LogP) is -0.0206. The van der Waals surface area contributed by atoms with E-state index in [1.54, 1.807) is 0 Å². The fourth-order valence-electron chi connectivity index (χ4n) is 1.02. The van der Waals surface area contributed by atoms with Crippen LogP contribution in [-0.2, 0) is 20.2 Å². The van der Waals surface area contributed by atoms with Gasteiger partial charge in [-0.3, -0.25) is 9.11 Å². The molecule has 0 aromatic rings. The maximum atomic E-state index is 10.7. The van der Waals surface area contributed by atoms with Crippen molar-refractivity contribution in [3.63, 3.8) is 0 Å². The number of rotatable bonds is 3. The minimum atomic E-state index is -4.39. The molecule has 1 aliphatic carbocycles. The maximum Gasteiger partial charge on any atom is 0.302 e. The zero-order valence-corrected chi connectivity index (χ0v) is 9.55. The molecule has 0 aliphatic heterocycles. The van der Waals surface area contributed by atoms with Crippen LogP contribution in [0.25, 0.3) is 0 Å². The number of allylic oxidation sites excluding steroid dienone is 3. The van der Waals surface area contributed by atoms with E-state index in [9.17, 15) is 16.8 Å². The molecule has 1 aliphatic rings. The summed E-state index contributed by atoms with van der Waals surface area (Å²) in [5.41, 5.74) is 0.244. The number of hydrogen-bond donors (Lipinski definition) is 2. The Morgan fingerprint density at radius 2 is 1.81 bits per heavy atom. The van der Waals surface area contributed by atoms with Gasteiger partial charge in [0.25, 0.3) is 10.1 Å². The smallest absolute Gasteiger partial charge is 0.285 e. The SMILES string of the molecule is O=S(=O)(O)CC1=CC=C(S(=O)(=O)O)C#CC1. The van der Waals surface area contributed by atoms with Gasteiger partial charge in [-0.15, -0.1) is 0 Å². The Hall–Kier alpha value is -1.14. The molecule has 0 heterocycles. The van der Waals surface area contributed by atoms with Crippen molar-refractivity contribution >= 4 is 20.2 Å². The maximum absolute atomic E-state index is 10.7. The molecule has 1 rings (SSSR count). The van der Waals surface area contributed by atoms with E-state index in [1.807, 2.05) is 0 Å². The average molecular weight is 264 g/mol. The van der Waals surface area contributed by atoms with E-state index in [4.69, 9.17) is 9.11 Å². The average Bonchev–Trinajstić information content (AvgIpc) is 2.25. The topological polar surface area (TPSA) is 109 Å². The first-order valence-electron chi connectivity index (χ1n) is 4.00. The first kappa shape index (κ1) is 12.9. The molecular weight excluding hydrogens is 256 g/mol. The molecule has 0 spiro atoms. The van der Waals surface area contributed by atoms with Gasteiger partial charge in [-0.1, -0.05) is 17.9 Å². The summed E-state index contributed by atoms with van der Waals surface area (Å²) in [5, 5.41) is 0. The molecule has 0 fully saturated rings. The van der Waals surface area contributed by atoms with E-state index in [-0.39, 0.29) is 12.0 Å².